The van der Waals surface area contributed by atoms with Crippen molar-refractivity contribution in [3.05, 3.63) is 23.9 Å². The average Bonchev–Trinajstić information content (AvgIpc) is 3.43. The first-order chi connectivity index (χ1) is 12.1. The smallest absolute Gasteiger partial charge is 0.339 e. The fraction of sp³-hybridized carbons (Fsp3) is 0.632. The van der Waals surface area contributed by atoms with Crippen molar-refractivity contribution in [3.63, 3.8) is 0 Å². The van der Waals surface area contributed by atoms with Gasteiger partial charge in [-0.3, -0.25) is 4.79 Å². The first-order valence-corrected chi connectivity index (χ1v) is 9.27. The van der Waals surface area contributed by atoms with Crippen LogP contribution in [-0.4, -0.2) is 53.0 Å². The Morgan fingerprint density at radius 2 is 2.16 bits per heavy atom. The molecule has 2 saturated heterocycles. The van der Waals surface area contributed by atoms with E-state index in [4.69, 9.17) is 0 Å². The summed E-state index contributed by atoms with van der Waals surface area (Å²) in [4.78, 5) is 32.4. The molecule has 6 heteroatoms. The Labute approximate surface area is 147 Å². The van der Waals surface area contributed by atoms with E-state index in [0.717, 1.165) is 45.4 Å². The van der Waals surface area contributed by atoms with Gasteiger partial charge in [0.05, 0.1) is 0 Å². The molecule has 1 saturated carbocycles. The number of likely N-dealkylation sites (tertiary alicyclic amines) is 1. The van der Waals surface area contributed by atoms with Gasteiger partial charge < -0.3 is 14.9 Å². The number of carbonyl (C=O) groups excluding carboxylic acids is 1. The molecule has 2 aliphatic heterocycles. The van der Waals surface area contributed by atoms with Crippen LogP contribution < -0.4 is 4.90 Å². The van der Waals surface area contributed by atoms with Crippen LogP contribution in [0.1, 0.15) is 48.9 Å². The summed E-state index contributed by atoms with van der Waals surface area (Å²) in [6.45, 7) is 3.34. The highest BCUT2D eigenvalue weighted by Crippen LogP contribution is 2.41. The highest BCUT2D eigenvalue weighted by atomic mass is 16.4. The maximum atomic E-state index is 12.3. The number of hydrogen-bond acceptors (Lipinski definition) is 4. The number of hydrogen-bond donors (Lipinski definition) is 1. The van der Waals surface area contributed by atoms with Crippen molar-refractivity contribution in [2.45, 2.75) is 38.5 Å². The molecule has 3 aliphatic rings. The minimum absolute atomic E-state index is 0.0777. The minimum Gasteiger partial charge on any atom is -0.478 e. The Morgan fingerprint density at radius 1 is 1.32 bits per heavy atom. The Balaban J connectivity index is 1.54. The van der Waals surface area contributed by atoms with Crippen LogP contribution >= 0.6 is 0 Å². The van der Waals surface area contributed by atoms with Crippen LogP contribution in [0.25, 0.3) is 0 Å². The predicted octanol–water partition coefficient (Wildman–Crippen LogP) is 2.40. The zero-order valence-corrected chi connectivity index (χ0v) is 14.5. The van der Waals surface area contributed by atoms with E-state index < -0.39 is 5.97 Å². The topological polar surface area (TPSA) is 73.7 Å². The molecule has 1 spiro atoms. The van der Waals surface area contributed by atoms with Crippen molar-refractivity contribution in [2.75, 3.05) is 31.1 Å². The lowest BCUT2D eigenvalue weighted by atomic mass is 9.73. The summed E-state index contributed by atoms with van der Waals surface area (Å²) in [6.07, 6.45) is 7.80. The van der Waals surface area contributed by atoms with Gasteiger partial charge in [-0.15, -0.1) is 0 Å². The Bertz CT molecular complexity index is 688. The van der Waals surface area contributed by atoms with Gasteiger partial charge in [0.25, 0.3) is 0 Å². The Morgan fingerprint density at radius 3 is 2.92 bits per heavy atom. The highest BCUT2D eigenvalue weighted by molar-refractivity contribution is 5.93. The van der Waals surface area contributed by atoms with Crippen molar-refractivity contribution in [1.82, 2.24) is 9.88 Å². The molecular weight excluding hydrogens is 318 g/mol. The SMILES string of the molecule is O=C(O)c1cccnc1N1CCC[C@]2(CCC(=O)N(CC3CC3)C2)C1. The van der Waals surface area contributed by atoms with Gasteiger partial charge in [-0.25, -0.2) is 9.78 Å². The van der Waals surface area contributed by atoms with E-state index in [9.17, 15) is 14.7 Å². The molecule has 1 amide bonds. The molecule has 0 aromatic carbocycles. The minimum atomic E-state index is -0.933. The maximum Gasteiger partial charge on any atom is 0.339 e. The first kappa shape index (κ1) is 16.4. The molecule has 0 unspecified atom stereocenters. The summed E-state index contributed by atoms with van der Waals surface area (Å²) in [5, 5.41) is 9.46. The second-order valence-electron chi connectivity index (χ2n) is 7.92. The van der Waals surface area contributed by atoms with E-state index in [-0.39, 0.29) is 11.0 Å². The molecule has 1 atom stereocenters. The molecule has 1 aliphatic carbocycles. The van der Waals surface area contributed by atoms with Crippen LogP contribution in [0.2, 0.25) is 0 Å². The van der Waals surface area contributed by atoms with Gasteiger partial charge in [-0.2, -0.15) is 0 Å². The second-order valence-corrected chi connectivity index (χ2v) is 7.92. The average molecular weight is 343 g/mol. The molecule has 4 rings (SSSR count). The van der Waals surface area contributed by atoms with Crippen LogP contribution in [0, 0.1) is 11.3 Å². The van der Waals surface area contributed by atoms with Gasteiger partial charge in [-0.1, -0.05) is 0 Å². The van der Waals surface area contributed by atoms with Crippen LogP contribution in [0.15, 0.2) is 18.3 Å². The lowest BCUT2D eigenvalue weighted by Gasteiger charge is -2.48. The molecule has 1 aromatic heterocycles. The van der Waals surface area contributed by atoms with Crippen LogP contribution in [0.3, 0.4) is 0 Å². The summed E-state index contributed by atoms with van der Waals surface area (Å²) in [7, 11) is 0. The maximum absolute atomic E-state index is 12.3. The van der Waals surface area contributed by atoms with Crippen LogP contribution in [0.4, 0.5) is 5.82 Å². The summed E-state index contributed by atoms with van der Waals surface area (Å²) in [5.41, 5.74) is 0.343. The van der Waals surface area contributed by atoms with Crippen LogP contribution in [0.5, 0.6) is 0 Å². The van der Waals surface area contributed by atoms with Crippen molar-refractivity contribution in [2.24, 2.45) is 11.3 Å². The third-order valence-corrected chi connectivity index (χ3v) is 5.90. The third kappa shape index (κ3) is 3.34. The fourth-order valence-electron chi connectivity index (χ4n) is 4.42. The fourth-order valence-corrected chi connectivity index (χ4v) is 4.42. The number of rotatable bonds is 4. The number of pyridine rings is 1. The van der Waals surface area contributed by atoms with Crippen molar-refractivity contribution in [1.29, 1.82) is 0 Å². The molecule has 3 heterocycles. The number of carboxylic acids is 1. The molecular formula is C19H25N3O3. The zero-order valence-electron chi connectivity index (χ0n) is 14.5. The number of carboxylic acid groups (broad SMARTS) is 1. The van der Waals surface area contributed by atoms with E-state index in [2.05, 4.69) is 14.8 Å². The van der Waals surface area contributed by atoms with Gasteiger partial charge in [0.2, 0.25) is 5.91 Å². The van der Waals surface area contributed by atoms with Crippen molar-refractivity contribution in [3.8, 4) is 0 Å². The number of carbonyl (C=O) groups is 2. The number of aromatic carboxylic acids is 1. The Kier molecular flexibility index (Phi) is 4.13. The number of nitrogens with zero attached hydrogens (tertiary/aromatic N) is 3. The first-order valence-electron chi connectivity index (χ1n) is 9.27. The molecule has 1 N–H and O–H groups in total. The summed E-state index contributed by atoms with van der Waals surface area (Å²) in [6, 6.07) is 3.29. The van der Waals surface area contributed by atoms with E-state index in [0.29, 0.717) is 24.1 Å². The van der Waals surface area contributed by atoms with Crippen molar-refractivity contribution >= 4 is 17.7 Å². The molecule has 3 fully saturated rings. The van der Waals surface area contributed by atoms with E-state index in [1.165, 1.54) is 12.8 Å². The molecule has 0 radical (unpaired) electrons. The number of aromatic nitrogens is 1. The molecule has 0 bridgehead atoms. The summed E-state index contributed by atoms with van der Waals surface area (Å²) in [5.74, 6) is 0.628. The van der Waals surface area contributed by atoms with Gasteiger partial charge in [0.15, 0.2) is 0 Å². The van der Waals surface area contributed by atoms with Crippen LogP contribution in [-0.2, 0) is 4.79 Å². The molecule has 1 aromatic rings. The van der Waals surface area contributed by atoms with Gasteiger partial charge >= 0.3 is 5.97 Å². The van der Waals surface area contributed by atoms with Gasteiger partial charge in [0, 0.05) is 44.2 Å². The zero-order chi connectivity index (χ0) is 17.4. The highest BCUT2D eigenvalue weighted by Gasteiger charge is 2.43. The van der Waals surface area contributed by atoms with Gasteiger partial charge in [0.1, 0.15) is 11.4 Å². The third-order valence-electron chi connectivity index (χ3n) is 5.90. The second kappa shape index (κ2) is 6.32. The summed E-state index contributed by atoms with van der Waals surface area (Å²) >= 11 is 0. The van der Waals surface area contributed by atoms with E-state index >= 15 is 0 Å². The number of anilines is 1. The number of amides is 1. The monoisotopic (exact) mass is 343 g/mol. The summed E-state index contributed by atoms with van der Waals surface area (Å²) < 4.78 is 0. The normalized spacial score (nSPS) is 27.0. The number of piperidine rings is 2. The van der Waals surface area contributed by atoms with E-state index in [1.54, 1.807) is 18.3 Å². The standard InChI is InChI=1S/C19H25N3O3/c23-16-6-8-19(13-22(16)11-14-4-5-14)7-2-10-21(12-19)17-15(18(24)25)3-1-9-20-17/h1,3,9,14H,2,4-8,10-13H2,(H,24,25)/t19-/m0/s1. The lowest BCUT2D eigenvalue weighted by Crippen LogP contribution is -2.54. The molecule has 25 heavy (non-hydrogen) atoms. The quantitative estimate of drug-likeness (QED) is 0.909. The molecule has 134 valence electrons. The van der Waals surface area contributed by atoms with E-state index in [1.807, 2.05) is 0 Å². The van der Waals surface area contributed by atoms with Gasteiger partial charge in [-0.05, 0) is 50.2 Å². The lowest BCUT2D eigenvalue weighted by molar-refractivity contribution is -0.138. The molecule has 6 nitrogen and oxygen atoms in total. The predicted molar refractivity (Wildman–Crippen MR) is 93.6 cm³/mol. The van der Waals surface area contributed by atoms with Crippen molar-refractivity contribution < 1.29 is 14.7 Å². The largest absolute Gasteiger partial charge is 0.478 e. The Hall–Kier alpha value is -2.11.